The largest absolute Gasteiger partial charge is 0.493 e. The summed E-state index contributed by atoms with van der Waals surface area (Å²) in [4.78, 5) is 15.8. The highest BCUT2D eigenvalue weighted by Gasteiger charge is 2.09. The Hall–Kier alpha value is -2.56. The second-order valence-corrected chi connectivity index (χ2v) is 6.46. The molecule has 0 saturated heterocycles. The highest BCUT2D eigenvalue weighted by molar-refractivity contribution is 14.0. The van der Waals surface area contributed by atoms with Gasteiger partial charge in [0.15, 0.2) is 24.1 Å². The summed E-state index contributed by atoms with van der Waals surface area (Å²) in [5, 5.41) is 9.15. The molecule has 9 heteroatoms. The molecule has 0 atom stereocenters. The van der Waals surface area contributed by atoms with Crippen LogP contribution in [0, 0.1) is 5.82 Å². The molecule has 0 aliphatic rings. The minimum Gasteiger partial charge on any atom is -0.493 e. The number of hydrogen-bond donors (Lipinski definition) is 3. The van der Waals surface area contributed by atoms with Gasteiger partial charge in [-0.3, -0.25) is 9.79 Å². The fourth-order valence-electron chi connectivity index (χ4n) is 2.72. The molecule has 0 aliphatic carbocycles. The van der Waals surface area contributed by atoms with E-state index in [1.54, 1.807) is 32.4 Å². The van der Waals surface area contributed by atoms with Gasteiger partial charge >= 0.3 is 0 Å². The lowest BCUT2D eigenvalue weighted by Gasteiger charge is -2.14. The van der Waals surface area contributed by atoms with Gasteiger partial charge in [0.2, 0.25) is 0 Å². The molecule has 31 heavy (non-hydrogen) atoms. The van der Waals surface area contributed by atoms with Gasteiger partial charge in [0, 0.05) is 26.7 Å². The summed E-state index contributed by atoms with van der Waals surface area (Å²) in [6, 6.07) is 12.0. The molecule has 0 aliphatic heterocycles. The molecular weight excluding hydrogens is 514 g/mol. The molecule has 0 heterocycles. The van der Waals surface area contributed by atoms with E-state index in [4.69, 9.17) is 9.47 Å². The normalized spacial score (nSPS) is 10.6. The van der Waals surface area contributed by atoms with Gasteiger partial charge in [-0.1, -0.05) is 18.2 Å². The Morgan fingerprint density at radius 1 is 1.03 bits per heavy atom. The predicted octanol–water partition coefficient (Wildman–Crippen LogP) is 2.87. The third-order valence-electron chi connectivity index (χ3n) is 4.26. The Labute approximate surface area is 199 Å². The van der Waals surface area contributed by atoms with E-state index in [0.717, 1.165) is 17.5 Å². The van der Waals surface area contributed by atoms with Crippen molar-refractivity contribution in [2.24, 2.45) is 4.99 Å². The number of nitrogens with one attached hydrogen (secondary N) is 3. The number of likely N-dealkylation sites (N-methyl/N-ethyl adjacent to an activating group) is 1. The maximum atomic E-state index is 13.0. The van der Waals surface area contributed by atoms with E-state index in [-0.39, 0.29) is 42.3 Å². The van der Waals surface area contributed by atoms with Gasteiger partial charge in [-0.15, -0.1) is 24.0 Å². The molecule has 2 aromatic rings. The van der Waals surface area contributed by atoms with Crippen LogP contribution in [0.5, 0.6) is 11.5 Å². The lowest BCUT2D eigenvalue weighted by Crippen LogP contribution is -2.37. The summed E-state index contributed by atoms with van der Waals surface area (Å²) < 4.78 is 23.9. The van der Waals surface area contributed by atoms with Crippen molar-refractivity contribution >= 4 is 35.8 Å². The Kier molecular flexibility index (Phi) is 12.3. The molecule has 0 spiro atoms. The summed E-state index contributed by atoms with van der Waals surface area (Å²) in [6.45, 7) is 3.55. The second-order valence-electron chi connectivity index (χ2n) is 6.46. The van der Waals surface area contributed by atoms with Crippen LogP contribution in [0.3, 0.4) is 0 Å². The van der Waals surface area contributed by atoms with Crippen molar-refractivity contribution in [2.75, 3.05) is 33.9 Å². The van der Waals surface area contributed by atoms with Crippen molar-refractivity contribution < 1.29 is 18.7 Å². The highest BCUT2D eigenvalue weighted by Crippen LogP contribution is 2.28. The Morgan fingerprint density at radius 2 is 1.74 bits per heavy atom. The number of carbonyl (C=O) groups excluding carboxylic acids is 1. The van der Waals surface area contributed by atoms with E-state index < -0.39 is 0 Å². The molecule has 2 aromatic carbocycles. The van der Waals surface area contributed by atoms with E-state index in [2.05, 4.69) is 20.9 Å². The predicted molar refractivity (Wildman–Crippen MR) is 131 cm³/mol. The van der Waals surface area contributed by atoms with Crippen LogP contribution in [-0.2, 0) is 17.8 Å². The van der Waals surface area contributed by atoms with Crippen LogP contribution in [-0.4, -0.2) is 45.7 Å². The fraction of sp³-hybridized carbons (Fsp3) is 0.364. The van der Waals surface area contributed by atoms with Gasteiger partial charge in [0.1, 0.15) is 5.82 Å². The van der Waals surface area contributed by atoms with E-state index in [1.807, 2.05) is 19.1 Å². The van der Waals surface area contributed by atoms with Crippen LogP contribution >= 0.6 is 24.0 Å². The van der Waals surface area contributed by atoms with Crippen LogP contribution in [0.15, 0.2) is 47.5 Å². The van der Waals surface area contributed by atoms with Crippen LogP contribution < -0.4 is 25.4 Å². The van der Waals surface area contributed by atoms with Gasteiger partial charge in [0.05, 0.1) is 7.11 Å². The van der Waals surface area contributed by atoms with Crippen molar-refractivity contribution in [3.8, 4) is 11.5 Å². The topological polar surface area (TPSA) is 84.0 Å². The van der Waals surface area contributed by atoms with Crippen LogP contribution in [0.1, 0.15) is 18.1 Å². The van der Waals surface area contributed by atoms with Gasteiger partial charge in [-0.2, -0.15) is 0 Å². The maximum absolute atomic E-state index is 13.0. The lowest BCUT2D eigenvalue weighted by molar-refractivity contribution is -0.123. The third kappa shape index (κ3) is 9.41. The number of rotatable bonds is 10. The Morgan fingerprint density at radius 3 is 2.39 bits per heavy atom. The molecule has 1 amide bonds. The van der Waals surface area contributed by atoms with Crippen LogP contribution in [0.2, 0.25) is 0 Å². The highest BCUT2D eigenvalue weighted by atomic mass is 127. The summed E-state index contributed by atoms with van der Waals surface area (Å²) in [6.07, 6.45) is 0.756. The zero-order valence-corrected chi connectivity index (χ0v) is 20.4. The first kappa shape index (κ1) is 26.5. The molecule has 7 nitrogen and oxygen atoms in total. The number of amides is 1. The maximum Gasteiger partial charge on any atom is 0.257 e. The number of nitrogens with zero attached hydrogens (tertiary/aromatic N) is 1. The molecule has 0 aromatic heterocycles. The quantitative estimate of drug-likeness (QED) is 0.244. The lowest BCUT2D eigenvalue weighted by atomic mass is 10.1. The average molecular weight is 544 g/mol. The first-order valence-corrected chi connectivity index (χ1v) is 9.81. The van der Waals surface area contributed by atoms with E-state index in [0.29, 0.717) is 37.1 Å². The van der Waals surface area contributed by atoms with Crippen LogP contribution in [0.4, 0.5) is 4.39 Å². The summed E-state index contributed by atoms with van der Waals surface area (Å²) in [5.41, 5.74) is 2.02. The number of hydrogen-bond acceptors (Lipinski definition) is 4. The van der Waals surface area contributed by atoms with Crippen LogP contribution in [0.25, 0.3) is 0 Å². The standard InChI is InChI=1S/C22H29FN4O3.HI/c1-4-25-21(28)15-30-19-10-7-17(13-20(19)29-3)14-27-22(24-2)26-12-11-16-5-8-18(23)9-6-16;/h5-10,13H,4,11-12,14-15H2,1-3H3,(H,25,28)(H2,24,26,27);1H. The van der Waals surface area contributed by atoms with E-state index >= 15 is 0 Å². The SMILES string of the molecule is CCNC(=O)COc1ccc(CNC(=NC)NCCc2ccc(F)cc2)cc1OC.I. The number of aliphatic imine (C=N–C) groups is 1. The third-order valence-corrected chi connectivity index (χ3v) is 4.26. The zero-order chi connectivity index (χ0) is 21.8. The summed E-state index contributed by atoms with van der Waals surface area (Å²) in [5.74, 6) is 1.31. The number of carbonyl (C=O) groups is 1. The number of halogens is 2. The van der Waals surface area contributed by atoms with E-state index in [1.165, 1.54) is 12.1 Å². The summed E-state index contributed by atoms with van der Waals surface area (Å²) in [7, 11) is 3.26. The smallest absolute Gasteiger partial charge is 0.257 e. The molecule has 0 fully saturated rings. The summed E-state index contributed by atoms with van der Waals surface area (Å²) >= 11 is 0. The van der Waals surface area contributed by atoms with Crippen molar-refractivity contribution in [1.82, 2.24) is 16.0 Å². The first-order valence-electron chi connectivity index (χ1n) is 9.81. The van der Waals surface area contributed by atoms with Crippen molar-refractivity contribution in [3.63, 3.8) is 0 Å². The number of ether oxygens (including phenoxy) is 2. The second kappa shape index (κ2) is 14.4. The van der Waals surface area contributed by atoms with Gasteiger partial charge < -0.3 is 25.4 Å². The molecule has 0 bridgehead atoms. The molecule has 3 N–H and O–H groups in total. The zero-order valence-electron chi connectivity index (χ0n) is 18.0. The minimum atomic E-state index is -0.236. The Balaban J connectivity index is 0.00000480. The van der Waals surface area contributed by atoms with Gasteiger partial charge in [-0.25, -0.2) is 4.39 Å². The molecule has 2 rings (SSSR count). The van der Waals surface area contributed by atoms with Crippen molar-refractivity contribution in [3.05, 3.63) is 59.4 Å². The van der Waals surface area contributed by atoms with E-state index in [9.17, 15) is 9.18 Å². The number of methoxy groups -OCH3 is 1. The average Bonchev–Trinajstić information content (AvgIpc) is 2.76. The molecule has 170 valence electrons. The van der Waals surface area contributed by atoms with Gasteiger partial charge in [0.25, 0.3) is 5.91 Å². The fourth-order valence-corrected chi connectivity index (χ4v) is 2.72. The molecular formula is C22H30FIN4O3. The van der Waals surface area contributed by atoms with Gasteiger partial charge in [-0.05, 0) is 48.7 Å². The number of benzene rings is 2. The van der Waals surface area contributed by atoms with Crippen molar-refractivity contribution in [1.29, 1.82) is 0 Å². The monoisotopic (exact) mass is 544 g/mol. The minimum absolute atomic E-state index is 0. The molecule has 0 unspecified atom stereocenters. The number of guanidine groups is 1. The first-order chi connectivity index (χ1) is 14.5. The molecule has 0 radical (unpaired) electrons. The Bertz CT molecular complexity index is 847. The van der Waals surface area contributed by atoms with Crippen molar-refractivity contribution in [2.45, 2.75) is 19.9 Å². The molecule has 0 saturated carbocycles.